The van der Waals surface area contributed by atoms with Crippen LogP contribution < -0.4 is 0 Å². The van der Waals surface area contributed by atoms with E-state index in [0.29, 0.717) is 36.3 Å². The van der Waals surface area contributed by atoms with Crippen molar-refractivity contribution < 1.29 is 9.53 Å². The highest BCUT2D eigenvalue weighted by Gasteiger charge is 2.13. The first-order valence-corrected chi connectivity index (χ1v) is 9.47. The van der Waals surface area contributed by atoms with Crippen molar-refractivity contribution in [1.82, 2.24) is 4.90 Å². The van der Waals surface area contributed by atoms with Gasteiger partial charge in [0, 0.05) is 34.0 Å². The molecule has 1 fully saturated rings. The van der Waals surface area contributed by atoms with Crippen LogP contribution in [0.3, 0.4) is 0 Å². The van der Waals surface area contributed by atoms with Gasteiger partial charge < -0.3 is 9.64 Å². The second-order valence-electron chi connectivity index (χ2n) is 5.52. The van der Waals surface area contributed by atoms with Gasteiger partial charge in [0.25, 0.3) is 0 Å². The van der Waals surface area contributed by atoms with Crippen molar-refractivity contribution in [1.29, 1.82) is 0 Å². The quantitative estimate of drug-likeness (QED) is 0.683. The maximum Gasteiger partial charge on any atom is 0.246 e. The lowest BCUT2D eigenvalue weighted by Crippen LogP contribution is -2.39. The van der Waals surface area contributed by atoms with E-state index >= 15 is 0 Å². The van der Waals surface area contributed by atoms with E-state index in [2.05, 4.69) is 0 Å². The van der Waals surface area contributed by atoms with E-state index in [1.165, 1.54) is 0 Å². The number of hydrogen-bond donors (Lipinski definition) is 0. The third-order valence-electron chi connectivity index (χ3n) is 3.72. The van der Waals surface area contributed by atoms with E-state index in [1.807, 2.05) is 42.5 Å². The molecule has 0 radical (unpaired) electrons. The molecule has 0 saturated carbocycles. The molecule has 1 heterocycles. The van der Waals surface area contributed by atoms with E-state index in [4.69, 9.17) is 27.9 Å². The molecule has 0 bridgehead atoms. The van der Waals surface area contributed by atoms with Gasteiger partial charge in [0.2, 0.25) is 5.91 Å². The minimum absolute atomic E-state index is 0.0158. The number of benzene rings is 2. The molecule has 1 aliphatic heterocycles. The van der Waals surface area contributed by atoms with Gasteiger partial charge in [-0.2, -0.15) is 0 Å². The summed E-state index contributed by atoms with van der Waals surface area (Å²) in [5.74, 6) is 0.0158. The van der Waals surface area contributed by atoms with Crippen LogP contribution in [0.2, 0.25) is 10.0 Å². The molecule has 0 unspecified atom stereocenters. The molecule has 1 aliphatic rings. The Balaban J connectivity index is 1.68. The summed E-state index contributed by atoms with van der Waals surface area (Å²) in [6, 6.07) is 13.4. The predicted molar refractivity (Wildman–Crippen MR) is 103 cm³/mol. The van der Waals surface area contributed by atoms with Crippen molar-refractivity contribution in [3.63, 3.8) is 0 Å². The third-order valence-corrected chi connectivity index (χ3v) is 5.45. The normalized spacial score (nSPS) is 14.9. The van der Waals surface area contributed by atoms with E-state index < -0.39 is 0 Å². The summed E-state index contributed by atoms with van der Waals surface area (Å²) in [4.78, 5) is 16.0. The zero-order valence-corrected chi connectivity index (χ0v) is 15.8. The highest BCUT2D eigenvalue weighted by Crippen LogP contribution is 2.35. The molecule has 3 rings (SSSR count). The molecule has 2 aromatic carbocycles. The molecule has 0 aliphatic carbocycles. The Bertz CT molecular complexity index is 789. The number of morpholine rings is 1. The van der Waals surface area contributed by atoms with Gasteiger partial charge in [-0.1, -0.05) is 47.1 Å². The monoisotopic (exact) mass is 393 g/mol. The molecule has 3 nitrogen and oxygen atoms in total. The first-order chi connectivity index (χ1) is 12.1. The first-order valence-electron chi connectivity index (χ1n) is 7.89. The van der Waals surface area contributed by atoms with Crippen LogP contribution in [0.25, 0.3) is 6.08 Å². The third kappa shape index (κ3) is 5.25. The fourth-order valence-corrected chi connectivity index (χ4v) is 3.84. The Morgan fingerprint density at radius 1 is 1.12 bits per heavy atom. The van der Waals surface area contributed by atoms with E-state index in [1.54, 1.807) is 28.8 Å². The molecule has 1 saturated heterocycles. The molecular formula is C19H17Cl2NO2S. The second kappa shape index (κ2) is 8.77. The largest absolute Gasteiger partial charge is 0.378 e. The first kappa shape index (κ1) is 18.3. The Labute approximate surface area is 161 Å². The molecule has 2 aromatic rings. The van der Waals surface area contributed by atoms with Crippen LogP contribution in [0.15, 0.2) is 58.3 Å². The molecule has 6 heteroatoms. The van der Waals surface area contributed by atoms with Crippen molar-refractivity contribution in [2.24, 2.45) is 0 Å². The highest BCUT2D eigenvalue weighted by atomic mass is 35.5. The smallest absolute Gasteiger partial charge is 0.246 e. The van der Waals surface area contributed by atoms with E-state index in [-0.39, 0.29) is 5.91 Å². The predicted octanol–water partition coefficient (Wildman–Crippen LogP) is 5.02. The number of carbonyl (C=O) groups is 1. The number of ether oxygens (including phenoxy) is 1. The van der Waals surface area contributed by atoms with Gasteiger partial charge in [0.1, 0.15) is 0 Å². The van der Waals surface area contributed by atoms with Gasteiger partial charge in [-0.3, -0.25) is 4.79 Å². The Hall–Kier alpha value is -1.46. The molecular weight excluding hydrogens is 377 g/mol. The van der Waals surface area contributed by atoms with Crippen LogP contribution in [-0.2, 0) is 9.53 Å². The standard InChI is InChI=1S/C19H17Cl2NO2S/c20-15-5-6-18(17(21)13-15)25-16-3-1-2-14(12-16)4-7-19(23)22-8-10-24-11-9-22/h1-7,12-13H,8-11H2/b7-4+. The lowest BCUT2D eigenvalue weighted by Gasteiger charge is -2.25. The molecule has 0 atom stereocenters. The molecule has 0 aromatic heterocycles. The van der Waals surface area contributed by atoms with Gasteiger partial charge >= 0.3 is 0 Å². The summed E-state index contributed by atoms with van der Waals surface area (Å²) in [7, 11) is 0. The minimum Gasteiger partial charge on any atom is -0.378 e. The molecule has 0 N–H and O–H groups in total. The Kier molecular flexibility index (Phi) is 6.43. The number of halogens is 2. The van der Waals surface area contributed by atoms with Crippen molar-refractivity contribution in [3.8, 4) is 0 Å². The van der Waals surface area contributed by atoms with Crippen LogP contribution in [-0.4, -0.2) is 37.1 Å². The van der Waals surface area contributed by atoms with Crippen molar-refractivity contribution in [3.05, 3.63) is 64.1 Å². The van der Waals surface area contributed by atoms with E-state index in [9.17, 15) is 4.79 Å². The van der Waals surface area contributed by atoms with Crippen LogP contribution >= 0.6 is 35.0 Å². The lowest BCUT2D eigenvalue weighted by atomic mass is 10.2. The fourth-order valence-electron chi connectivity index (χ4n) is 2.42. The maximum atomic E-state index is 12.2. The van der Waals surface area contributed by atoms with Crippen molar-refractivity contribution >= 4 is 46.9 Å². The number of rotatable bonds is 4. The van der Waals surface area contributed by atoms with Gasteiger partial charge in [-0.05, 0) is 42.0 Å². The number of hydrogen-bond acceptors (Lipinski definition) is 3. The molecule has 25 heavy (non-hydrogen) atoms. The Morgan fingerprint density at radius 3 is 2.68 bits per heavy atom. The lowest BCUT2D eigenvalue weighted by molar-refractivity contribution is -0.129. The number of nitrogens with zero attached hydrogens (tertiary/aromatic N) is 1. The summed E-state index contributed by atoms with van der Waals surface area (Å²) in [6.45, 7) is 2.50. The molecule has 1 amide bonds. The minimum atomic E-state index is 0.0158. The summed E-state index contributed by atoms with van der Waals surface area (Å²) < 4.78 is 5.26. The fraction of sp³-hybridized carbons (Fsp3) is 0.211. The van der Waals surface area contributed by atoms with Crippen molar-refractivity contribution in [2.75, 3.05) is 26.3 Å². The summed E-state index contributed by atoms with van der Waals surface area (Å²) in [5.41, 5.74) is 0.969. The Morgan fingerprint density at radius 2 is 1.92 bits per heavy atom. The van der Waals surface area contributed by atoms with Crippen molar-refractivity contribution in [2.45, 2.75) is 9.79 Å². The zero-order chi connectivity index (χ0) is 17.6. The molecule has 0 spiro atoms. The summed E-state index contributed by atoms with van der Waals surface area (Å²) in [5, 5.41) is 1.24. The zero-order valence-electron chi connectivity index (χ0n) is 13.5. The molecule has 130 valence electrons. The maximum absolute atomic E-state index is 12.2. The summed E-state index contributed by atoms with van der Waals surface area (Å²) >= 11 is 13.7. The second-order valence-corrected chi connectivity index (χ2v) is 7.48. The van der Waals surface area contributed by atoms with Crippen LogP contribution in [0, 0.1) is 0 Å². The number of carbonyl (C=O) groups excluding carboxylic acids is 1. The average molecular weight is 394 g/mol. The van der Waals surface area contributed by atoms with Gasteiger partial charge in [0.05, 0.1) is 18.2 Å². The SMILES string of the molecule is O=C(/C=C/c1cccc(Sc2ccc(Cl)cc2Cl)c1)N1CCOCC1. The topological polar surface area (TPSA) is 29.5 Å². The average Bonchev–Trinajstić information content (AvgIpc) is 2.63. The van der Waals surface area contributed by atoms with Crippen LogP contribution in [0.5, 0.6) is 0 Å². The number of amides is 1. The van der Waals surface area contributed by atoms with Gasteiger partial charge in [-0.15, -0.1) is 0 Å². The summed E-state index contributed by atoms with van der Waals surface area (Å²) in [6.07, 6.45) is 3.45. The van der Waals surface area contributed by atoms with Gasteiger partial charge in [0.15, 0.2) is 0 Å². The van der Waals surface area contributed by atoms with Crippen LogP contribution in [0.4, 0.5) is 0 Å². The van der Waals surface area contributed by atoms with Gasteiger partial charge in [-0.25, -0.2) is 0 Å². The highest BCUT2D eigenvalue weighted by molar-refractivity contribution is 7.99. The van der Waals surface area contributed by atoms with Crippen LogP contribution in [0.1, 0.15) is 5.56 Å². The van der Waals surface area contributed by atoms with E-state index in [0.717, 1.165) is 15.4 Å².